The first-order chi connectivity index (χ1) is 38.0. The fraction of sp³-hybridized carbons (Fsp3) is 0.583. The molecule has 1 aromatic carbocycles. The summed E-state index contributed by atoms with van der Waals surface area (Å²) in [4.78, 5) is 172. The summed E-state index contributed by atoms with van der Waals surface area (Å²) < 4.78 is 20.9. The third kappa shape index (κ3) is 15.1. The van der Waals surface area contributed by atoms with Crippen molar-refractivity contribution in [3.05, 3.63) is 23.3 Å². The standard InChI is InChI=1S/C48H66N12O18S2/c1-5-21(2)38-44(72)52-15-34(65)53-29-20-80(76)46-25(24-6-7-32(77-4)26(40(24)58-46)19-79-11-10-50-48(75)78-60-36(67)8-9-37(60)68)13-27(41(69)51-16-35(66)56-38)54-45(73)39(22(3)31(63)18-61)57-43(71)30-12-23(62)17-59(30)47(74)28(14-33(49)64)55-42(29)70/h6-7,21-23,27-31,38-39,58,61-63H,5,8-20H2,1-4H3,(H2,49,64)(H,50,75)(H,51,69)(H,52,72)(H,53,65)(H,54,73)(H,55,70)(H,56,66)(H,57,71)/t21-,22-,23+,27?,28-,29-,30+,31-,38+,39-,80?/m0/s1. The van der Waals surface area contributed by atoms with Crippen LogP contribution in [-0.4, -0.2) is 206 Å². The van der Waals surface area contributed by atoms with Gasteiger partial charge in [0.2, 0.25) is 58.2 Å². The van der Waals surface area contributed by atoms with Crippen molar-refractivity contribution in [2.45, 2.75) is 119 Å². The second-order valence-corrected chi connectivity index (χ2v) is 22.1. The second-order valence-electron chi connectivity index (χ2n) is 19.5. The van der Waals surface area contributed by atoms with Crippen molar-refractivity contribution in [3.8, 4) is 5.75 Å². The quantitative estimate of drug-likeness (QED) is 0.0476. The number of hydroxylamine groups is 2. The van der Waals surface area contributed by atoms with Gasteiger partial charge in [-0.3, -0.25) is 52.7 Å². The van der Waals surface area contributed by atoms with Gasteiger partial charge >= 0.3 is 6.09 Å². The molecule has 1 aromatic heterocycles. The molecule has 4 aliphatic rings. The molecule has 0 spiro atoms. The predicted molar refractivity (Wildman–Crippen MR) is 279 cm³/mol. The van der Waals surface area contributed by atoms with Crippen LogP contribution in [0.4, 0.5) is 4.79 Å². The molecule has 2 saturated heterocycles. The van der Waals surface area contributed by atoms with Crippen molar-refractivity contribution < 1.29 is 87.0 Å². The van der Waals surface area contributed by atoms with E-state index in [0.29, 0.717) is 17.0 Å². The maximum Gasteiger partial charge on any atom is 0.432 e. The number of fused-ring (bicyclic) bond motifs is 5. The number of hydrogen-bond donors (Lipinski definition) is 13. The average Bonchev–Trinajstić information content (AvgIpc) is 4.12. The lowest BCUT2D eigenvalue weighted by molar-refractivity contribution is -0.171. The molecule has 2 bridgehead atoms. The number of nitrogens with zero attached hydrogens (tertiary/aromatic N) is 2. The van der Waals surface area contributed by atoms with E-state index in [9.17, 15) is 72.9 Å². The molecule has 12 amide bonds. The van der Waals surface area contributed by atoms with Crippen LogP contribution < -0.4 is 53.0 Å². The number of methoxy groups -OCH3 is 1. The van der Waals surface area contributed by atoms with Crippen molar-refractivity contribution in [2.24, 2.45) is 17.6 Å². The number of carbonyl (C=O) groups is 12. The number of nitrogens with one attached hydrogen (secondary N) is 9. The lowest BCUT2D eigenvalue weighted by Crippen LogP contribution is -2.62. The molecule has 2 fully saturated rings. The van der Waals surface area contributed by atoms with Crippen molar-refractivity contribution in [1.29, 1.82) is 0 Å². The molecule has 2 aromatic rings. The minimum Gasteiger partial charge on any atom is -0.610 e. The summed E-state index contributed by atoms with van der Waals surface area (Å²) in [5, 5.41) is 51.9. The zero-order valence-corrected chi connectivity index (χ0v) is 45.7. The van der Waals surface area contributed by atoms with Crippen LogP contribution in [0.3, 0.4) is 0 Å². The van der Waals surface area contributed by atoms with E-state index in [1.165, 1.54) is 37.9 Å². The van der Waals surface area contributed by atoms with Crippen LogP contribution in [0.25, 0.3) is 10.9 Å². The van der Waals surface area contributed by atoms with Crippen LogP contribution in [0.2, 0.25) is 0 Å². The summed E-state index contributed by atoms with van der Waals surface area (Å²) in [6, 6.07) is -7.25. The first kappa shape index (κ1) is 61.9. The Hall–Kier alpha value is -7.26. The Kier molecular flexibility index (Phi) is 21.5. The number of thioether (sulfide) groups is 1. The highest BCUT2D eigenvalue weighted by atomic mass is 32.2. The summed E-state index contributed by atoms with van der Waals surface area (Å²) in [5.74, 6) is -13.1. The monoisotopic (exact) mass is 1160 g/mol. The number of aromatic amines is 1. The van der Waals surface area contributed by atoms with E-state index < -0.39 is 194 Å². The number of H-pyrrole nitrogens is 1. The number of rotatable bonds is 14. The van der Waals surface area contributed by atoms with Crippen LogP contribution in [0.15, 0.2) is 17.2 Å². The number of nitrogens with two attached hydrogens (primary N) is 1. The highest BCUT2D eigenvalue weighted by molar-refractivity contribution is 7.98. The van der Waals surface area contributed by atoms with Gasteiger partial charge in [-0.2, -0.15) is 11.8 Å². The molecule has 6 rings (SSSR count). The maximum atomic E-state index is 15.2. The summed E-state index contributed by atoms with van der Waals surface area (Å²) in [6.45, 7) is 1.52. The van der Waals surface area contributed by atoms with Gasteiger partial charge in [-0.1, -0.05) is 27.2 Å². The maximum absolute atomic E-state index is 15.2. The fourth-order valence-corrected chi connectivity index (χ4v) is 11.6. The minimum atomic E-state index is -2.49. The van der Waals surface area contributed by atoms with Gasteiger partial charge in [0.1, 0.15) is 41.7 Å². The van der Waals surface area contributed by atoms with Crippen molar-refractivity contribution >= 4 is 105 Å². The Morgan fingerprint density at radius 3 is 2.21 bits per heavy atom. The number of imide groups is 1. The molecule has 14 N–H and O–H groups in total. The molecule has 0 aliphatic carbocycles. The van der Waals surface area contributed by atoms with Crippen molar-refractivity contribution in [1.82, 2.24) is 57.5 Å². The van der Waals surface area contributed by atoms with Crippen LogP contribution in [0.5, 0.6) is 5.75 Å². The number of aliphatic hydroxyl groups is 3. The number of benzene rings is 1. The Morgan fingerprint density at radius 2 is 1.56 bits per heavy atom. The largest absolute Gasteiger partial charge is 0.610 e. The van der Waals surface area contributed by atoms with Crippen LogP contribution in [0, 0.1) is 11.8 Å². The van der Waals surface area contributed by atoms with Crippen molar-refractivity contribution in [2.75, 3.05) is 51.4 Å². The number of carbonyl (C=O) groups excluding carboxylic acids is 12. The van der Waals surface area contributed by atoms with E-state index in [1.807, 2.05) is 0 Å². The van der Waals surface area contributed by atoms with Gasteiger partial charge in [0.15, 0.2) is 6.04 Å². The first-order valence-corrected chi connectivity index (χ1v) is 28.0. The normalized spacial score (nSPS) is 26.1. The van der Waals surface area contributed by atoms with E-state index in [0.717, 1.165) is 4.90 Å². The molecule has 5 heterocycles. The number of amides is 12. The molecule has 4 aliphatic heterocycles. The molecular formula is C48H66N12O18S2. The Bertz CT molecular complexity index is 2730. The van der Waals surface area contributed by atoms with E-state index in [2.05, 4.69) is 47.5 Å². The molecule has 30 nitrogen and oxygen atoms in total. The predicted octanol–water partition coefficient (Wildman–Crippen LogP) is -5.59. The van der Waals surface area contributed by atoms with Gasteiger partial charge in [0.05, 0.1) is 51.0 Å². The van der Waals surface area contributed by atoms with E-state index in [1.54, 1.807) is 13.8 Å². The molecule has 438 valence electrons. The topological polar surface area (TPSA) is 452 Å². The lowest BCUT2D eigenvalue weighted by atomic mass is 9.93. The number of ether oxygens (including phenoxy) is 1. The molecule has 80 heavy (non-hydrogen) atoms. The van der Waals surface area contributed by atoms with Crippen LogP contribution in [-0.2, 0) is 80.9 Å². The molecule has 2 unspecified atom stereocenters. The summed E-state index contributed by atoms with van der Waals surface area (Å²) in [5.41, 5.74) is 6.25. The van der Waals surface area contributed by atoms with Gasteiger partial charge in [0.25, 0.3) is 11.8 Å². The zero-order chi connectivity index (χ0) is 58.7. The smallest absolute Gasteiger partial charge is 0.432 e. The van der Waals surface area contributed by atoms with E-state index in [4.69, 9.17) is 15.3 Å². The van der Waals surface area contributed by atoms with E-state index in [-0.39, 0.29) is 58.1 Å². The zero-order valence-electron chi connectivity index (χ0n) is 44.1. The molecule has 0 saturated carbocycles. The third-order valence-corrected chi connectivity index (χ3v) is 16.4. The highest BCUT2D eigenvalue weighted by Crippen LogP contribution is 2.37. The van der Waals surface area contributed by atoms with Crippen LogP contribution in [0.1, 0.15) is 64.0 Å². The summed E-state index contributed by atoms with van der Waals surface area (Å²) >= 11 is -1.26. The number of aliphatic hydroxyl groups excluding tert-OH is 3. The summed E-state index contributed by atoms with van der Waals surface area (Å²) in [6.07, 6.45) is -5.97. The number of hydrogen-bond acceptors (Lipinski definition) is 19. The Labute approximate surface area is 464 Å². The first-order valence-electron chi connectivity index (χ1n) is 25.6. The van der Waals surface area contributed by atoms with Gasteiger partial charge in [0, 0.05) is 83.9 Å². The average molecular weight is 1160 g/mol. The van der Waals surface area contributed by atoms with E-state index >= 15 is 4.55 Å². The molecular weight excluding hydrogens is 1100 g/mol. The Morgan fingerprint density at radius 1 is 0.887 bits per heavy atom. The number of aromatic nitrogens is 1. The third-order valence-electron chi connectivity index (χ3n) is 14.0. The molecule has 11 atom stereocenters. The second kappa shape index (κ2) is 27.8. The molecule has 32 heteroatoms. The van der Waals surface area contributed by atoms with Gasteiger partial charge in [-0.25, -0.2) is 4.79 Å². The minimum absolute atomic E-state index is 0.0309. The van der Waals surface area contributed by atoms with Gasteiger partial charge in [-0.15, -0.1) is 5.06 Å². The highest BCUT2D eigenvalue weighted by Gasteiger charge is 2.46. The number of primary amides is 1. The van der Waals surface area contributed by atoms with Gasteiger partial charge < -0.3 is 87.6 Å². The lowest BCUT2D eigenvalue weighted by Gasteiger charge is -2.32. The fourth-order valence-electron chi connectivity index (χ4n) is 9.32. The molecule has 0 radical (unpaired) electrons. The SMILES string of the molecule is CC[C@H](C)[C@H]1NC(=O)CNC(=O)C2Cc3c([nH]c4c(CSCCNC(=O)ON5C(=O)CCC5=O)c(OC)ccc34)[S+]([O-])C[C@H](NC(=O)CNC1=O)C(=O)N[C@@H](CC(N)=O)C(=O)N1C[C@H](O)C[C@@H]1C(=O)N[C@@H]([C@@H](C)[C@@H](O)CO)C(=O)N2. The Balaban J connectivity index is 1.50. The van der Waals surface area contributed by atoms with Crippen LogP contribution >= 0.6 is 11.8 Å². The summed E-state index contributed by atoms with van der Waals surface area (Å²) in [7, 11) is 1.36. The van der Waals surface area contributed by atoms with Crippen molar-refractivity contribution in [3.63, 3.8) is 0 Å². The van der Waals surface area contributed by atoms with Gasteiger partial charge in [-0.05, 0) is 18.1 Å².